The van der Waals surface area contributed by atoms with Crippen LogP contribution >= 0.6 is 34.8 Å². The molecule has 0 fully saturated rings. The minimum absolute atomic E-state index is 0.170. The third-order valence-electron chi connectivity index (χ3n) is 4.48. The van der Waals surface area contributed by atoms with Crippen molar-refractivity contribution < 1.29 is 4.79 Å². The van der Waals surface area contributed by atoms with Crippen LogP contribution in [0.1, 0.15) is 21.6 Å². The molecule has 2 aromatic carbocycles. The average Bonchev–Trinajstić information content (AvgIpc) is 3.05. The molecule has 7 heteroatoms. The Morgan fingerprint density at radius 2 is 1.65 bits per heavy atom. The number of hydrogen-bond acceptors (Lipinski definition) is 2. The number of para-hydroxylation sites is 1. The van der Waals surface area contributed by atoms with Crippen LogP contribution in [0.5, 0.6) is 0 Å². The Morgan fingerprint density at radius 1 is 0.962 bits per heavy atom. The van der Waals surface area contributed by atoms with Gasteiger partial charge in [0.25, 0.3) is 5.91 Å². The van der Waals surface area contributed by atoms with Gasteiger partial charge in [-0.15, -0.1) is 0 Å². The Labute approximate surface area is 165 Å². The van der Waals surface area contributed by atoms with E-state index in [4.69, 9.17) is 34.8 Å². The Balaban J connectivity index is 1.64. The molecule has 0 unspecified atom stereocenters. The number of fused-ring (bicyclic) bond motifs is 1. The van der Waals surface area contributed by atoms with E-state index >= 15 is 0 Å². The van der Waals surface area contributed by atoms with E-state index in [9.17, 15) is 4.79 Å². The highest BCUT2D eigenvalue weighted by molar-refractivity contribution is 6.39. The summed E-state index contributed by atoms with van der Waals surface area (Å²) in [6, 6.07) is 12.6. The molecule has 3 aromatic rings. The highest BCUT2D eigenvalue weighted by Gasteiger charge is 2.27. The number of amides is 1. The van der Waals surface area contributed by atoms with Crippen LogP contribution < -0.4 is 0 Å². The zero-order valence-corrected chi connectivity index (χ0v) is 15.9. The smallest absolute Gasteiger partial charge is 0.257 e. The average molecular weight is 407 g/mol. The van der Waals surface area contributed by atoms with Gasteiger partial charge < -0.3 is 4.90 Å². The molecule has 0 bridgehead atoms. The molecule has 0 N–H and O–H groups in total. The Kier molecular flexibility index (Phi) is 4.65. The van der Waals surface area contributed by atoms with Crippen LogP contribution in [0.3, 0.4) is 0 Å². The van der Waals surface area contributed by atoms with Crippen molar-refractivity contribution >= 4 is 40.7 Å². The monoisotopic (exact) mass is 405 g/mol. The van der Waals surface area contributed by atoms with Gasteiger partial charge in [0.1, 0.15) is 0 Å². The van der Waals surface area contributed by atoms with Crippen molar-refractivity contribution in [3.63, 3.8) is 0 Å². The van der Waals surface area contributed by atoms with Crippen LogP contribution in [0.25, 0.3) is 5.69 Å². The highest BCUT2D eigenvalue weighted by Crippen LogP contribution is 2.30. The molecule has 0 aliphatic carbocycles. The Bertz CT molecular complexity index is 979. The second-order valence-electron chi connectivity index (χ2n) is 6.05. The molecule has 1 amide bonds. The number of carbonyl (C=O) groups excluding carboxylic acids is 1. The van der Waals surface area contributed by atoms with Crippen molar-refractivity contribution in [2.75, 3.05) is 6.54 Å². The first kappa shape index (κ1) is 17.4. The third-order valence-corrected chi connectivity index (χ3v) is 5.43. The van der Waals surface area contributed by atoms with Crippen LogP contribution in [0, 0.1) is 0 Å². The second kappa shape index (κ2) is 6.95. The predicted octanol–water partition coefficient (Wildman–Crippen LogP) is 5.03. The molecule has 1 aliphatic rings. The largest absolute Gasteiger partial charge is 0.334 e. The zero-order valence-electron chi connectivity index (χ0n) is 13.6. The summed E-state index contributed by atoms with van der Waals surface area (Å²) in [5.41, 5.74) is 3.24. The van der Waals surface area contributed by atoms with Crippen molar-refractivity contribution in [1.29, 1.82) is 0 Å². The standard InChI is InChI=1S/C19H14Cl3N3O/c20-13-4-1-2-7-17(13)25-16-8-9-24(11-12(16)10-23-25)19(26)18-14(21)5-3-6-15(18)22/h1-7,10H,8-9,11H2. The summed E-state index contributed by atoms with van der Waals surface area (Å²) in [4.78, 5) is 14.6. The maximum Gasteiger partial charge on any atom is 0.257 e. The number of rotatable bonds is 2. The van der Waals surface area contributed by atoms with E-state index in [2.05, 4.69) is 5.10 Å². The van der Waals surface area contributed by atoms with Crippen LogP contribution in [-0.4, -0.2) is 27.1 Å². The summed E-state index contributed by atoms with van der Waals surface area (Å²) in [5.74, 6) is -0.170. The topological polar surface area (TPSA) is 38.1 Å². The van der Waals surface area contributed by atoms with Gasteiger partial charge in [0.2, 0.25) is 0 Å². The molecule has 0 saturated carbocycles. The van der Waals surface area contributed by atoms with Gasteiger partial charge in [0.05, 0.1) is 38.2 Å². The lowest BCUT2D eigenvalue weighted by Crippen LogP contribution is -2.36. The summed E-state index contributed by atoms with van der Waals surface area (Å²) in [7, 11) is 0. The lowest BCUT2D eigenvalue weighted by molar-refractivity contribution is 0.0734. The molecule has 2 heterocycles. The van der Waals surface area contributed by atoms with Gasteiger partial charge in [0.15, 0.2) is 0 Å². The molecule has 4 rings (SSSR count). The predicted molar refractivity (Wildman–Crippen MR) is 103 cm³/mol. The fourth-order valence-corrected chi connectivity index (χ4v) is 3.97. The first-order chi connectivity index (χ1) is 12.6. The maximum absolute atomic E-state index is 12.9. The third kappa shape index (κ3) is 2.98. The highest BCUT2D eigenvalue weighted by atomic mass is 35.5. The van der Waals surface area contributed by atoms with Crippen LogP contribution in [0.2, 0.25) is 15.1 Å². The van der Waals surface area contributed by atoms with Gasteiger partial charge in [-0.25, -0.2) is 4.68 Å². The van der Waals surface area contributed by atoms with E-state index in [0.717, 1.165) is 16.9 Å². The molecule has 0 atom stereocenters. The lowest BCUT2D eigenvalue weighted by Gasteiger charge is -2.28. The summed E-state index contributed by atoms with van der Waals surface area (Å²) in [5, 5.41) is 5.83. The molecule has 1 aliphatic heterocycles. The second-order valence-corrected chi connectivity index (χ2v) is 7.27. The van der Waals surface area contributed by atoms with Crippen LogP contribution in [0.15, 0.2) is 48.7 Å². The van der Waals surface area contributed by atoms with E-state index in [1.165, 1.54) is 0 Å². The quantitative estimate of drug-likeness (QED) is 0.598. The summed E-state index contributed by atoms with van der Waals surface area (Å²) in [6.45, 7) is 1.02. The molecule has 0 spiro atoms. The summed E-state index contributed by atoms with van der Waals surface area (Å²) >= 11 is 18.7. The van der Waals surface area contributed by atoms with Gasteiger partial charge in [-0.3, -0.25) is 4.79 Å². The molecule has 0 saturated heterocycles. The molecule has 132 valence electrons. The van der Waals surface area contributed by atoms with Gasteiger partial charge in [-0.05, 0) is 24.3 Å². The lowest BCUT2D eigenvalue weighted by atomic mass is 10.1. The van der Waals surface area contributed by atoms with Crippen molar-refractivity contribution in [2.45, 2.75) is 13.0 Å². The number of carbonyl (C=O) groups is 1. The van der Waals surface area contributed by atoms with E-state index in [-0.39, 0.29) is 5.91 Å². The number of nitrogens with zero attached hydrogens (tertiary/aromatic N) is 3. The number of aromatic nitrogens is 2. The molecule has 1 aromatic heterocycles. The number of benzene rings is 2. The van der Waals surface area contributed by atoms with Crippen molar-refractivity contribution in [2.24, 2.45) is 0 Å². The molecule has 26 heavy (non-hydrogen) atoms. The molecule has 0 radical (unpaired) electrons. The zero-order chi connectivity index (χ0) is 18.3. The molecular weight excluding hydrogens is 393 g/mol. The fourth-order valence-electron chi connectivity index (χ4n) is 3.20. The first-order valence-electron chi connectivity index (χ1n) is 8.10. The summed E-state index contributed by atoms with van der Waals surface area (Å²) in [6.07, 6.45) is 2.46. The maximum atomic E-state index is 12.9. The van der Waals surface area contributed by atoms with Gasteiger partial charge in [0, 0.05) is 25.1 Å². The number of hydrogen-bond donors (Lipinski definition) is 0. The van der Waals surface area contributed by atoms with Gasteiger partial charge in [-0.1, -0.05) is 53.0 Å². The molecular formula is C19H14Cl3N3O. The van der Waals surface area contributed by atoms with Crippen LogP contribution in [-0.2, 0) is 13.0 Å². The Morgan fingerprint density at radius 3 is 2.38 bits per heavy atom. The molecule has 4 nitrogen and oxygen atoms in total. The number of halogens is 3. The van der Waals surface area contributed by atoms with E-state index in [1.807, 2.05) is 28.9 Å². The first-order valence-corrected chi connectivity index (χ1v) is 9.23. The SMILES string of the molecule is O=C(c1c(Cl)cccc1Cl)N1CCc2c(cnn2-c2ccccc2Cl)C1. The Hall–Kier alpha value is -2.01. The normalized spacial score (nSPS) is 13.6. The van der Waals surface area contributed by atoms with Crippen molar-refractivity contribution in [3.05, 3.63) is 80.6 Å². The van der Waals surface area contributed by atoms with Crippen molar-refractivity contribution in [3.8, 4) is 5.69 Å². The van der Waals surface area contributed by atoms with Crippen LogP contribution in [0.4, 0.5) is 0 Å². The van der Waals surface area contributed by atoms with E-state index < -0.39 is 0 Å². The van der Waals surface area contributed by atoms with Crippen molar-refractivity contribution in [1.82, 2.24) is 14.7 Å². The van der Waals surface area contributed by atoms with E-state index in [1.54, 1.807) is 29.3 Å². The minimum Gasteiger partial charge on any atom is -0.334 e. The van der Waals surface area contributed by atoms with E-state index in [0.29, 0.717) is 40.1 Å². The minimum atomic E-state index is -0.170. The van der Waals surface area contributed by atoms with Gasteiger partial charge >= 0.3 is 0 Å². The van der Waals surface area contributed by atoms with Gasteiger partial charge in [-0.2, -0.15) is 5.10 Å². The fraction of sp³-hybridized carbons (Fsp3) is 0.158. The summed E-state index contributed by atoms with van der Waals surface area (Å²) < 4.78 is 1.85.